The van der Waals surface area contributed by atoms with Crippen molar-refractivity contribution in [3.63, 3.8) is 0 Å². The molecule has 0 aliphatic carbocycles. The van der Waals surface area contributed by atoms with E-state index in [0.29, 0.717) is 12.3 Å². The summed E-state index contributed by atoms with van der Waals surface area (Å²) in [6.45, 7) is 2.42. The molecule has 0 aliphatic rings. The minimum absolute atomic E-state index is 0.0370. The number of rotatable bonds is 5. The number of hydrogen-bond donors (Lipinski definition) is 0. The maximum atomic E-state index is 10.7. The fraction of sp³-hybridized carbons (Fsp3) is 0.286. The molecule has 0 saturated heterocycles. The van der Waals surface area contributed by atoms with Crippen molar-refractivity contribution < 1.29 is 14.3 Å². The van der Waals surface area contributed by atoms with Gasteiger partial charge in [0.1, 0.15) is 18.1 Å². The van der Waals surface area contributed by atoms with E-state index in [1.165, 1.54) is 0 Å². The van der Waals surface area contributed by atoms with E-state index in [9.17, 15) is 4.79 Å². The zero-order chi connectivity index (χ0) is 13.0. The van der Waals surface area contributed by atoms with Crippen LogP contribution in [0.25, 0.3) is 10.9 Å². The fourth-order valence-corrected chi connectivity index (χ4v) is 1.55. The Bertz CT molecular complexity index is 554. The van der Waals surface area contributed by atoms with Gasteiger partial charge in [-0.3, -0.25) is 4.79 Å². The standard InChI is InChI=1S/C14H15NO3/c1-10(17-2)9-18-13-6-4-11-3-5-12(8-16)15-14(11)7-13/h3-8,10H,9H2,1-2H3/t10-/m1/s1. The molecular weight excluding hydrogens is 230 g/mol. The van der Waals surface area contributed by atoms with Gasteiger partial charge in [0.25, 0.3) is 0 Å². The molecule has 2 aromatic rings. The van der Waals surface area contributed by atoms with Crippen LogP contribution in [0, 0.1) is 0 Å². The smallest absolute Gasteiger partial charge is 0.168 e. The van der Waals surface area contributed by atoms with E-state index in [1.807, 2.05) is 31.2 Å². The monoisotopic (exact) mass is 245 g/mol. The van der Waals surface area contributed by atoms with Crippen molar-refractivity contribution in [2.45, 2.75) is 13.0 Å². The molecule has 0 N–H and O–H groups in total. The van der Waals surface area contributed by atoms with Gasteiger partial charge in [0.15, 0.2) is 6.29 Å². The molecule has 0 spiro atoms. The van der Waals surface area contributed by atoms with Gasteiger partial charge in [-0.05, 0) is 25.1 Å². The minimum Gasteiger partial charge on any atom is -0.491 e. The van der Waals surface area contributed by atoms with Crippen molar-refractivity contribution in [1.82, 2.24) is 4.98 Å². The summed E-state index contributed by atoms with van der Waals surface area (Å²) >= 11 is 0. The molecule has 0 bridgehead atoms. The maximum absolute atomic E-state index is 10.7. The van der Waals surface area contributed by atoms with Gasteiger partial charge >= 0.3 is 0 Å². The summed E-state index contributed by atoms with van der Waals surface area (Å²) < 4.78 is 10.7. The van der Waals surface area contributed by atoms with Crippen LogP contribution in [-0.2, 0) is 4.74 Å². The second kappa shape index (κ2) is 5.60. The first kappa shape index (κ1) is 12.5. The Morgan fingerprint density at radius 3 is 2.83 bits per heavy atom. The lowest BCUT2D eigenvalue weighted by Crippen LogP contribution is -2.15. The lowest BCUT2D eigenvalue weighted by Gasteiger charge is -2.11. The van der Waals surface area contributed by atoms with Crippen molar-refractivity contribution in [2.75, 3.05) is 13.7 Å². The Morgan fingerprint density at radius 2 is 2.11 bits per heavy atom. The van der Waals surface area contributed by atoms with Crippen molar-refractivity contribution in [1.29, 1.82) is 0 Å². The van der Waals surface area contributed by atoms with Crippen LogP contribution in [0.1, 0.15) is 17.4 Å². The number of ether oxygens (including phenoxy) is 2. The number of carbonyl (C=O) groups is 1. The average Bonchev–Trinajstić information content (AvgIpc) is 2.43. The zero-order valence-corrected chi connectivity index (χ0v) is 10.4. The van der Waals surface area contributed by atoms with Crippen LogP contribution < -0.4 is 4.74 Å². The van der Waals surface area contributed by atoms with E-state index in [4.69, 9.17) is 9.47 Å². The molecule has 0 radical (unpaired) electrons. The predicted molar refractivity (Wildman–Crippen MR) is 69.1 cm³/mol. The van der Waals surface area contributed by atoms with Crippen LogP contribution >= 0.6 is 0 Å². The van der Waals surface area contributed by atoms with Crippen molar-refractivity contribution in [2.24, 2.45) is 0 Å². The van der Waals surface area contributed by atoms with E-state index in [2.05, 4.69) is 4.98 Å². The summed E-state index contributed by atoms with van der Waals surface area (Å²) in [6.07, 6.45) is 0.773. The van der Waals surface area contributed by atoms with Gasteiger partial charge in [-0.25, -0.2) is 4.98 Å². The molecule has 1 aromatic carbocycles. The lowest BCUT2D eigenvalue weighted by molar-refractivity contribution is 0.0717. The highest BCUT2D eigenvalue weighted by atomic mass is 16.5. The largest absolute Gasteiger partial charge is 0.491 e. The van der Waals surface area contributed by atoms with E-state index in [-0.39, 0.29) is 6.10 Å². The molecule has 0 fully saturated rings. The molecule has 2 rings (SSSR count). The first-order chi connectivity index (χ1) is 8.72. The van der Waals surface area contributed by atoms with E-state index >= 15 is 0 Å². The summed E-state index contributed by atoms with van der Waals surface area (Å²) in [5, 5.41) is 0.979. The van der Waals surface area contributed by atoms with Gasteiger partial charge in [0, 0.05) is 18.6 Å². The summed E-state index contributed by atoms with van der Waals surface area (Å²) in [5.74, 6) is 0.724. The molecule has 4 heteroatoms. The average molecular weight is 245 g/mol. The molecule has 1 atom stereocenters. The van der Waals surface area contributed by atoms with Gasteiger partial charge < -0.3 is 9.47 Å². The van der Waals surface area contributed by atoms with Gasteiger partial charge in [-0.2, -0.15) is 0 Å². The maximum Gasteiger partial charge on any atom is 0.168 e. The highest BCUT2D eigenvalue weighted by molar-refractivity contribution is 5.84. The van der Waals surface area contributed by atoms with E-state index in [1.54, 1.807) is 13.2 Å². The van der Waals surface area contributed by atoms with Crippen LogP contribution in [-0.4, -0.2) is 31.1 Å². The summed E-state index contributed by atoms with van der Waals surface area (Å²) in [7, 11) is 1.65. The summed E-state index contributed by atoms with van der Waals surface area (Å²) in [6, 6.07) is 9.19. The van der Waals surface area contributed by atoms with Crippen molar-refractivity contribution in [3.05, 3.63) is 36.0 Å². The number of aldehydes is 1. The molecule has 0 amide bonds. The van der Waals surface area contributed by atoms with Crippen LogP contribution in [0.5, 0.6) is 5.75 Å². The Hall–Kier alpha value is -1.94. The first-order valence-corrected chi connectivity index (χ1v) is 5.74. The molecule has 0 saturated carbocycles. The number of pyridine rings is 1. The van der Waals surface area contributed by atoms with E-state index in [0.717, 1.165) is 22.9 Å². The van der Waals surface area contributed by atoms with Crippen LogP contribution in [0.4, 0.5) is 0 Å². The van der Waals surface area contributed by atoms with Crippen LogP contribution in [0.15, 0.2) is 30.3 Å². The quantitative estimate of drug-likeness (QED) is 0.759. The van der Waals surface area contributed by atoms with Gasteiger partial charge in [0.05, 0.1) is 11.6 Å². The number of hydrogen-bond acceptors (Lipinski definition) is 4. The van der Waals surface area contributed by atoms with Crippen molar-refractivity contribution in [3.8, 4) is 5.75 Å². The SMILES string of the molecule is CO[C@H](C)COc1ccc2ccc(C=O)nc2c1. The van der Waals surface area contributed by atoms with E-state index < -0.39 is 0 Å². The van der Waals surface area contributed by atoms with Crippen molar-refractivity contribution >= 4 is 17.2 Å². The van der Waals surface area contributed by atoms with Crippen LogP contribution in [0.3, 0.4) is 0 Å². The molecule has 0 aliphatic heterocycles. The Kier molecular flexibility index (Phi) is 3.89. The third kappa shape index (κ3) is 2.84. The summed E-state index contributed by atoms with van der Waals surface area (Å²) in [4.78, 5) is 14.9. The number of carbonyl (C=O) groups excluding carboxylic acids is 1. The predicted octanol–water partition coefficient (Wildman–Crippen LogP) is 2.46. The third-order valence-corrected chi connectivity index (χ3v) is 2.69. The van der Waals surface area contributed by atoms with Gasteiger partial charge in [0.2, 0.25) is 0 Å². The molecule has 1 heterocycles. The topological polar surface area (TPSA) is 48.4 Å². The lowest BCUT2D eigenvalue weighted by atomic mass is 10.2. The molecule has 94 valence electrons. The fourth-order valence-electron chi connectivity index (χ4n) is 1.55. The number of nitrogens with zero attached hydrogens (tertiary/aromatic N) is 1. The third-order valence-electron chi connectivity index (χ3n) is 2.69. The Balaban J connectivity index is 2.22. The highest BCUT2D eigenvalue weighted by Gasteiger charge is 2.03. The van der Waals surface area contributed by atoms with Crippen LogP contribution in [0.2, 0.25) is 0 Å². The number of aromatic nitrogens is 1. The Labute approximate surface area is 106 Å². The van der Waals surface area contributed by atoms with Gasteiger partial charge in [-0.1, -0.05) is 6.07 Å². The number of benzene rings is 1. The molecule has 1 aromatic heterocycles. The van der Waals surface area contributed by atoms with Gasteiger partial charge in [-0.15, -0.1) is 0 Å². The zero-order valence-electron chi connectivity index (χ0n) is 10.4. The Morgan fingerprint density at radius 1 is 1.33 bits per heavy atom. The number of fused-ring (bicyclic) bond motifs is 1. The normalized spacial score (nSPS) is 12.3. The number of methoxy groups -OCH3 is 1. The molecule has 0 unspecified atom stereocenters. The minimum atomic E-state index is 0.0370. The second-order valence-corrected chi connectivity index (χ2v) is 4.07. The second-order valence-electron chi connectivity index (χ2n) is 4.07. The molecular formula is C14H15NO3. The highest BCUT2D eigenvalue weighted by Crippen LogP contribution is 2.19. The summed E-state index contributed by atoms with van der Waals surface area (Å²) in [5.41, 5.74) is 1.17. The molecule has 4 nitrogen and oxygen atoms in total. The molecule has 18 heavy (non-hydrogen) atoms. The first-order valence-electron chi connectivity index (χ1n) is 5.74.